The molecule has 1 aromatic rings. The number of amides is 3. The van der Waals surface area contributed by atoms with Gasteiger partial charge >= 0.3 is 6.03 Å². The van der Waals surface area contributed by atoms with Crippen molar-refractivity contribution in [2.75, 3.05) is 19.6 Å². The summed E-state index contributed by atoms with van der Waals surface area (Å²) < 4.78 is 0. The fourth-order valence-corrected chi connectivity index (χ4v) is 2.89. The van der Waals surface area contributed by atoms with Crippen molar-refractivity contribution in [1.82, 2.24) is 15.5 Å². The van der Waals surface area contributed by atoms with Gasteiger partial charge in [0.2, 0.25) is 5.91 Å². The van der Waals surface area contributed by atoms with Crippen molar-refractivity contribution in [2.45, 2.75) is 46.2 Å². The smallest absolute Gasteiger partial charge is 0.315 e. The molecule has 0 aromatic heterocycles. The number of hydrogen-bond donors (Lipinski definition) is 3. The average molecular weight is 346 g/mol. The fraction of sp³-hybridized carbons (Fsp3) is 0.579. The summed E-state index contributed by atoms with van der Waals surface area (Å²) in [6.07, 6.45) is 1.86. The minimum atomic E-state index is -0.742. The van der Waals surface area contributed by atoms with Crippen LogP contribution in [0.4, 0.5) is 4.79 Å². The molecule has 1 fully saturated rings. The Hall–Kier alpha value is -2.08. The highest BCUT2D eigenvalue weighted by Crippen LogP contribution is 2.16. The fourth-order valence-electron chi connectivity index (χ4n) is 2.89. The third-order valence-electron chi connectivity index (χ3n) is 4.94. The van der Waals surface area contributed by atoms with E-state index in [-0.39, 0.29) is 18.6 Å². The first kappa shape index (κ1) is 19.2. The minimum absolute atomic E-state index is 0.171. The number of carbonyl (C=O) groups is 2. The summed E-state index contributed by atoms with van der Waals surface area (Å²) in [6.45, 7) is 8.71. The van der Waals surface area contributed by atoms with Crippen molar-refractivity contribution >= 4 is 11.9 Å². The number of nitrogens with one attached hydrogen (secondary N) is 2. The zero-order valence-corrected chi connectivity index (χ0v) is 15.5. The maximum atomic E-state index is 12.0. The number of rotatable bonds is 6. The largest absolute Gasteiger partial charge is 0.369 e. The molecule has 0 spiro atoms. The number of primary amides is 1. The Balaban J connectivity index is 1.72. The molecule has 4 N–H and O–H groups in total. The molecule has 1 saturated heterocycles. The summed E-state index contributed by atoms with van der Waals surface area (Å²) >= 11 is 0. The highest BCUT2D eigenvalue weighted by molar-refractivity contribution is 5.81. The lowest BCUT2D eigenvalue weighted by molar-refractivity contribution is -0.125. The molecule has 2 rings (SSSR count). The van der Waals surface area contributed by atoms with Crippen LogP contribution in [0.25, 0.3) is 0 Å². The Labute approximate surface area is 150 Å². The van der Waals surface area contributed by atoms with Gasteiger partial charge in [-0.15, -0.1) is 0 Å². The predicted octanol–water partition coefficient (Wildman–Crippen LogP) is 1.77. The van der Waals surface area contributed by atoms with E-state index < -0.39 is 11.3 Å². The summed E-state index contributed by atoms with van der Waals surface area (Å²) in [5.74, 6) is -0.419. The second kappa shape index (κ2) is 8.34. The zero-order chi connectivity index (χ0) is 18.4. The molecule has 6 nitrogen and oxygen atoms in total. The summed E-state index contributed by atoms with van der Waals surface area (Å²) in [5.41, 5.74) is 7.25. The van der Waals surface area contributed by atoms with Crippen LogP contribution in [-0.4, -0.2) is 42.5 Å². The number of carbonyl (C=O) groups excluding carboxylic acids is 2. The van der Waals surface area contributed by atoms with Crippen LogP contribution in [0.5, 0.6) is 0 Å². The molecule has 138 valence electrons. The van der Waals surface area contributed by atoms with Crippen LogP contribution in [0.2, 0.25) is 0 Å². The second-order valence-electron chi connectivity index (χ2n) is 7.55. The van der Waals surface area contributed by atoms with Crippen molar-refractivity contribution in [2.24, 2.45) is 11.1 Å². The van der Waals surface area contributed by atoms with Crippen molar-refractivity contribution in [3.63, 3.8) is 0 Å². The molecule has 25 heavy (non-hydrogen) atoms. The molecule has 1 aliphatic rings. The van der Waals surface area contributed by atoms with Crippen molar-refractivity contribution < 1.29 is 9.59 Å². The number of piperidine rings is 1. The monoisotopic (exact) mass is 346 g/mol. The van der Waals surface area contributed by atoms with E-state index >= 15 is 0 Å². The van der Waals surface area contributed by atoms with Gasteiger partial charge in [0.25, 0.3) is 0 Å². The third kappa shape index (κ3) is 5.74. The predicted molar refractivity (Wildman–Crippen MR) is 99.0 cm³/mol. The van der Waals surface area contributed by atoms with E-state index in [1.165, 1.54) is 11.1 Å². The van der Waals surface area contributed by atoms with Gasteiger partial charge in [-0.1, -0.05) is 24.3 Å². The highest BCUT2D eigenvalue weighted by atomic mass is 16.2. The van der Waals surface area contributed by atoms with Crippen molar-refractivity contribution in [1.29, 1.82) is 0 Å². The Bertz CT molecular complexity index is 607. The molecule has 0 saturated carbocycles. The van der Waals surface area contributed by atoms with E-state index in [0.29, 0.717) is 0 Å². The van der Waals surface area contributed by atoms with E-state index in [0.717, 1.165) is 32.5 Å². The molecule has 0 radical (unpaired) electrons. The van der Waals surface area contributed by atoms with Crippen LogP contribution in [0.1, 0.15) is 37.8 Å². The molecular weight excluding hydrogens is 316 g/mol. The molecule has 3 amide bonds. The van der Waals surface area contributed by atoms with Gasteiger partial charge in [-0.25, -0.2) is 4.79 Å². The summed E-state index contributed by atoms with van der Waals surface area (Å²) in [6, 6.07) is 8.40. The van der Waals surface area contributed by atoms with Crippen LogP contribution in [0.15, 0.2) is 24.3 Å². The van der Waals surface area contributed by atoms with Crippen LogP contribution in [0, 0.1) is 12.3 Å². The number of benzene rings is 1. The lowest BCUT2D eigenvalue weighted by atomic mass is 9.93. The Kier molecular flexibility index (Phi) is 6.42. The van der Waals surface area contributed by atoms with E-state index in [9.17, 15) is 9.59 Å². The van der Waals surface area contributed by atoms with Gasteiger partial charge < -0.3 is 16.4 Å². The maximum absolute atomic E-state index is 12.0. The van der Waals surface area contributed by atoms with E-state index in [1.807, 2.05) is 0 Å². The second-order valence-corrected chi connectivity index (χ2v) is 7.55. The van der Waals surface area contributed by atoms with Gasteiger partial charge in [0.15, 0.2) is 0 Å². The first-order valence-corrected chi connectivity index (χ1v) is 8.89. The number of urea groups is 1. The molecule has 6 heteroatoms. The SMILES string of the molecule is Cc1ccccc1CN1CCC(NC(=O)NCC(C)(C)C(N)=O)CC1. The number of likely N-dealkylation sites (tertiary alicyclic amines) is 1. The van der Waals surface area contributed by atoms with Crippen molar-refractivity contribution in [3.8, 4) is 0 Å². The van der Waals surface area contributed by atoms with Gasteiger partial charge in [0.1, 0.15) is 0 Å². The van der Waals surface area contributed by atoms with Gasteiger partial charge in [0, 0.05) is 32.2 Å². The first-order valence-electron chi connectivity index (χ1n) is 8.89. The standard InChI is InChI=1S/C19H30N4O2/c1-14-6-4-5-7-15(14)12-23-10-8-16(9-11-23)22-18(25)21-13-19(2,3)17(20)24/h4-7,16H,8-13H2,1-3H3,(H2,20,24)(H2,21,22,25). The number of nitrogens with two attached hydrogens (primary N) is 1. The Morgan fingerprint density at radius 1 is 1.24 bits per heavy atom. The summed E-state index contributed by atoms with van der Waals surface area (Å²) in [5, 5.41) is 5.74. The first-order chi connectivity index (χ1) is 11.8. The molecule has 0 atom stereocenters. The van der Waals surface area contributed by atoms with Crippen LogP contribution in [-0.2, 0) is 11.3 Å². The van der Waals surface area contributed by atoms with E-state index in [1.54, 1.807) is 13.8 Å². The van der Waals surface area contributed by atoms with Crippen molar-refractivity contribution in [3.05, 3.63) is 35.4 Å². The quantitative estimate of drug-likeness (QED) is 0.733. The van der Waals surface area contributed by atoms with Crippen LogP contribution >= 0.6 is 0 Å². The number of nitrogens with zero attached hydrogens (tertiary/aromatic N) is 1. The van der Waals surface area contributed by atoms with E-state index in [4.69, 9.17) is 5.73 Å². The topological polar surface area (TPSA) is 87.5 Å². The lowest BCUT2D eigenvalue weighted by Gasteiger charge is -2.33. The molecule has 1 heterocycles. The normalized spacial score (nSPS) is 16.4. The maximum Gasteiger partial charge on any atom is 0.315 e. The van der Waals surface area contributed by atoms with Gasteiger partial charge in [0.05, 0.1) is 5.41 Å². The Morgan fingerprint density at radius 2 is 1.88 bits per heavy atom. The van der Waals surface area contributed by atoms with Gasteiger partial charge in [-0.2, -0.15) is 0 Å². The molecule has 1 aliphatic heterocycles. The van der Waals surface area contributed by atoms with E-state index in [2.05, 4.69) is 46.7 Å². The lowest BCUT2D eigenvalue weighted by Crippen LogP contribution is -2.50. The summed E-state index contributed by atoms with van der Waals surface area (Å²) in [7, 11) is 0. The number of aryl methyl sites for hydroxylation is 1. The third-order valence-corrected chi connectivity index (χ3v) is 4.94. The molecule has 1 aromatic carbocycles. The molecule has 0 aliphatic carbocycles. The van der Waals surface area contributed by atoms with Gasteiger partial charge in [-0.05, 0) is 44.7 Å². The molecular formula is C19H30N4O2. The summed E-state index contributed by atoms with van der Waals surface area (Å²) in [4.78, 5) is 25.7. The average Bonchev–Trinajstić information content (AvgIpc) is 2.57. The highest BCUT2D eigenvalue weighted by Gasteiger charge is 2.26. The minimum Gasteiger partial charge on any atom is -0.369 e. The molecule has 0 bridgehead atoms. The van der Waals surface area contributed by atoms with Gasteiger partial charge in [-0.3, -0.25) is 9.69 Å². The number of hydrogen-bond acceptors (Lipinski definition) is 3. The Morgan fingerprint density at radius 3 is 2.48 bits per heavy atom. The zero-order valence-electron chi connectivity index (χ0n) is 15.5. The molecule has 0 unspecified atom stereocenters. The van der Waals surface area contributed by atoms with Crippen LogP contribution in [0.3, 0.4) is 0 Å². The van der Waals surface area contributed by atoms with Crippen LogP contribution < -0.4 is 16.4 Å².